The SMILES string of the molecule is O=C(c1cccn2ccnc12)N1CCN(c2ncccn2)CC1. The van der Waals surface area contributed by atoms with Gasteiger partial charge in [0.05, 0.1) is 5.56 Å². The Bertz CT molecular complexity index is 823. The minimum absolute atomic E-state index is 0.0235. The lowest BCUT2D eigenvalue weighted by molar-refractivity contribution is 0.0747. The molecule has 0 aromatic carbocycles. The minimum Gasteiger partial charge on any atom is -0.337 e. The minimum atomic E-state index is 0.0235. The molecule has 23 heavy (non-hydrogen) atoms. The average Bonchev–Trinajstić information content (AvgIpc) is 3.11. The fraction of sp³-hybridized carbons (Fsp3) is 0.250. The third kappa shape index (κ3) is 2.50. The summed E-state index contributed by atoms with van der Waals surface area (Å²) in [5.41, 5.74) is 1.34. The van der Waals surface area contributed by atoms with Crippen molar-refractivity contribution in [2.45, 2.75) is 0 Å². The van der Waals surface area contributed by atoms with Gasteiger partial charge in [0.1, 0.15) is 5.65 Å². The van der Waals surface area contributed by atoms with Crippen LogP contribution in [0.4, 0.5) is 5.95 Å². The third-order valence-electron chi connectivity index (χ3n) is 4.05. The van der Waals surface area contributed by atoms with E-state index in [1.54, 1.807) is 24.7 Å². The number of carbonyl (C=O) groups excluding carboxylic acids is 1. The lowest BCUT2D eigenvalue weighted by Crippen LogP contribution is -2.49. The van der Waals surface area contributed by atoms with Gasteiger partial charge in [-0.05, 0) is 18.2 Å². The zero-order valence-electron chi connectivity index (χ0n) is 12.5. The van der Waals surface area contributed by atoms with Crippen molar-refractivity contribution in [1.29, 1.82) is 0 Å². The molecule has 0 saturated carbocycles. The summed E-state index contributed by atoms with van der Waals surface area (Å²) >= 11 is 0. The Hall–Kier alpha value is -2.96. The standard InChI is InChI=1S/C16H16N6O/c23-15(13-3-1-7-20-8-6-17-14(13)20)21-9-11-22(12-10-21)16-18-4-2-5-19-16/h1-8H,9-12H2. The molecule has 0 aliphatic carbocycles. The molecule has 0 bridgehead atoms. The van der Waals surface area contributed by atoms with E-state index in [1.807, 2.05) is 33.8 Å². The number of rotatable bonds is 2. The zero-order valence-corrected chi connectivity index (χ0v) is 12.5. The van der Waals surface area contributed by atoms with Gasteiger partial charge in [-0.1, -0.05) is 0 Å². The lowest BCUT2D eigenvalue weighted by Gasteiger charge is -2.34. The summed E-state index contributed by atoms with van der Waals surface area (Å²) < 4.78 is 1.86. The van der Waals surface area contributed by atoms with E-state index in [-0.39, 0.29) is 5.91 Å². The van der Waals surface area contributed by atoms with Crippen LogP contribution in [0, 0.1) is 0 Å². The predicted molar refractivity (Wildman–Crippen MR) is 85.3 cm³/mol. The van der Waals surface area contributed by atoms with Crippen molar-refractivity contribution in [3.8, 4) is 0 Å². The van der Waals surface area contributed by atoms with E-state index < -0.39 is 0 Å². The van der Waals surface area contributed by atoms with Crippen LogP contribution in [0.15, 0.2) is 49.2 Å². The summed E-state index contributed by atoms with van der Waals surface area (Å²) in [7, 11) is 0. The topological polar surface area (TPSA) is 66.6 Å². The molecule has 0 N–H and O–H groups in total. The van der Waals surface area contributed by atoms with Gasteiger partial charge >= 0.3 is 0 Å². The second-order valence-electron chi connectivity index (χ2n) is 5.41. The van der Waals surface area contributed by atoms with Crippen LogP contribution in [0.1, 0.15) is 10.4 Å². The number of aromatic nitrogens is 4. The smallest absolute Gasteiger partial charge is 0.257 e. The third-order valence-corrected chi connectivity index (χ3v) is 4.05. The lowest BCUT2D eigenvalue weighted by atomic mass is 10.2. The van der Waals surface area contributed by atoms with Crippen molar-refractivity contribution in [3.63, 3.8) is 0 Å². The van der Waals surface area contributed by atoms with Crippen LogP contribution in [0.3, 0.4) is 0 Å². The summed E-state index contributed by atoms with van der Waals surface area (Å²) in [6.45, 7) is 2.76. The molecule has 0 unspecified atom stereocenters. The first-order chi connectivity index (χ1) is 11.3. The van der Waals surface area contributed by atoms with Gasteiger partial charge in [0.25, 0.3) is 5.91 Å². The maximum Gasteiger partial charge on any atom is 0.257 e. The van der Waals surface area contributed by atoms with E-state index in [0.29, 0.717) is 24.3 Å². The molecule has 3 aromatic rings. The fourth-order valence-electron chi connectivity index (χ4n) is 2.85. The van der Waals surface area contributed by atoms with Gasteiger partial charge < -0.3 is 14.2 Å². The quantitative estimate of drug-likeness (QED) is 0.709. The van der Waals surface area contributed by atoms with Crippen LogP contribution in [-0.4, -0.2) is 56.3 Å². The first kappa shape index (κ1) is 13.7. The van der Waals surface area contributed by atoms with Gasteiger partial charge in [0.2, 0.25) is 5.95 Å². The zero-order chi connectivity index (χ0) is 15.6. The fourth-order valence-corrected chi connectivity index (χ4v) is 2.85. The van der Waals surface area contributed by atoms with Gasteiger partial charge in [-0.25, -0.2) is 15.0 Å². The molecular formula is C16H16N6O. The molecule has 0 spiro atoms. The summed E-state index contributed by atoms with van der Waals surface area (Å²) in [5.74, 6) is 0.741. The van der Waals surface area contributed by atoms with Crippen molar-refractivity contribution in [2.75, 3.05) is 31.1 Å². The van der Waals surface area contributed by atoms with Gasteiger partial charge in [0, 0.05) is 57.2 Å². The van der Waals surface area contributed by atoms with Crippen LogP contribution in [0.2, 0.25) is 0 Å². The molecule has 0 radical (unpaired) electrons. The maximum absolute atomic E-state index is 12.8. The largest absolute Gasteiger partial charge is 0.337 e. The normalized spacial score (nSPS) is 15.1. The molecule has 3 aromatic heterocycles. The molecule has 0 atom stereocenters. The van der Waals surface area contributed by atoms with Crippen molar-refractivity contribution in [2.24, 2.45) is 0 Å². The highest BCUT2D eigenvalue weighted by molar-refractivity contribution is 5.99. The van der Waals surface area contributed by atoms with Gasteiger partial charge in [-0.3, -0.25) is 4.79 Å². The Morgan fingerprint density at radius 1 is 0.913 bits per heavy atom. The molecule has 4 heterocycles. The number of pyridine rings is 1. The number of fused-ring (bicyclic) bond motifs is 1. The number of nitrogens with zero attached hydrogens (tertiary/aromatic N) is 6. The van der Waals surface area contributed by atoms with Gasteiger partial charge in [-0.2, -0.15) is 0 Å². The first-order valence-electron chi connectivity index (χ1n) is 7.56. The average molecular weight is 308 g/mol. The summed E-state index contributed by atoms with van der Waals surface area (Å²) in [5, 5.41) is 0. The highest BCUT2D eigenvalue weighted by Gasteiger charge is 2.24. The molecule has 1 saturated heterocycles. The second-order valence-corrected chi connectivity index (χ2v) is 5.41. The number of piperazine rings is 1. The van der Waals surface area contributed by atoms with Crippen LogP contribution < -0.4 is 4.90 Å². The molecule has 1 aliphatic rings. The van der Waals surface area contributed by atoms with Crippen molar-refractivity contribution >= 4 is 17.5 Å². The van der Waals surface area contributed by atoms with Crippen molar-refractivity contribution in [3.05, 3.63) is 54.7 Å². The van der Waals surface area contributed by atoms with Crippen molar-refractivity contribution in [1.82, 2.24) is 24.3 Å². The molecule has 7 nitrogen and oxygen atoms in total. The van der Waals surface area contributed by atoms with Crippen molar-refractivity contribution < 1.29 is 4.79 Å². The summed E-state index contributed by atoms with van der Waals surface area (Å²) in [4.78, 5) is 29.5. The molecule has 1 aliphatic heterocycles. The number of anilines is 1. The highest BCUT2D eigenvalue weighted by atomic mass is 16.2. The predicted octanol–water partition coefficient (Wildman–Crippen LogP) is 1.09. The second kappa shape index (κ2) is 5.68. The molecule has 4 rings (SSSR count). The summed E-state index contributed by atoms with van der Waals surface area (Å²) in [6.07, 6.45) is 8.91. The molecule has 116 valence electrons. The Morgan fingerprint density at radius 2 is 1.70 bits per heavy atom. The Kier molecular flexibility index (Phi) is 3.38. The van der Waals surface area contributed by atoms with E-state index in [0.717, 1.165) is 19.0 Å². The number of amides is 1. The van der Waals surface area contributed by atoms with Crippen LogP contribution in [0.5, 0.6) is 0 Å². The number of hydrogen-bond acceptors (Lipinski definition) is 5. The number of hydrogen-bond donors (Lipinski definition) is 0. The highest BCUT2D eigenvalue weighted by Crippen LogP contribution is 2.15. The van der Waals surface area contributed by atoms with E-state index in [2.05, 4.69) is 19.9 Å². The van der Waals surface area contributed by atoms with Gasteiger partial charge in [-0.15, -0.1) is 0 Å². The molecular weight excluding hydrogens is 292 g/mol. The molecule has 1 amide bonds. The van der Waals surface area contributed by atoms with E-state index in [4.69, 9.17) is 0 Å². The van der Waals surface area contributed by atoms with Gasteiger partial charge in [0.15, 0.2) is 0 Å². The van der Waals surface area contributed by atoms with Crippen LogP contribution >= 0.6 is 0 Å². The van der Waals surface area contributed by atoms with E-state index in [9.17, 15) is 4.79 Å². The Balaban J connectivity index is 1.50. The maximum atomic E-state index is 12.8. The Labute approximate surface area is 133 Å². The first-order valence-corrected chi connectivity index (χ1v) is 7.56. The number of carbonyl (C=O) groups is 1. The van der Waals surface area contributed by atoms with E-state index in [1.165, 1.54) is 0 Å². The Morgan fingerprint density at radius 3 is 2.48 bits per heavy atom. The van der Waals surface area contributed by atoms with Crippen LogP contribution in [-0.2, 0) is 0 Å². The number of imidazole rings is 1. The summed E-state index contributed by atoms with van der Waals surface area (Å²) in [6, 6.07) is 5.50. The molecule has 7 heteroatoms. The monoisotopic (exact) mass is 308 g/mol. The van der Waals surface area contributed by atoms with Crippen LogP contribution in [0.25, 0.3) is 5.65 Å². The van der Waals surface area contributed by atoms with E-state index >= 15 is 0 Å². The molecule has 1 fully saturated rings.